The summed E-state index contributed by atoms with van der Waals surface area (Å²) in [5.41, 5.74) is 2.68. The largest absolute Gasteiger partial charge is 0.383 e. The van der Waals surface area contributed by atoms with E-state index >= 15 is 0 Å². The number of aryl methyl sites for hydroxylation is 1. The van der Waals surface area contributed by atoms with Crippen molar-refractivity contribution in [3.63, 3.8) is 0 Å². The molecular formula is C20H19N3O4S. The van der Waals surface area contributed by atoms with E-state index in [0.717, 1.165) is 15.8 Å². The fourth-order valence-corrected chi connectivity index (χ4v) is 3.87. The van der Waals surface area contributed by atoms with Crippen LogP contribution in [0.4, 0.5) is 5.69 Å². The molecule has 3 aromatic rings. The number of hydrogen-bond acceptors (Lipinski definition) is 5. The standard InChI is InChI=1S/C20H19N3O4S/c1-14-6-8-17-18(12-14)28-20(22(17)10-11-27-2)21-19(24)9-7-15-4-3-5-16(13-15)23(25)26/h3-9,12-13H,10-11H2,1-2H3/b9-7+,21-20?. The third-order valence-corrected chi connectivity index (χ3v) is 5.10. The number of nitrogens with zero attached hydrogens (tertiary/aromatic N) is 3. The van der Waals surface area contributed by atoms with Gasteiger partial charge < -0.3 is 9.30 Å². The van der Waals surface area contributed by atoms with Gasteiger partial charge >= 0.3 is 0 Å². The van der Waals surface area contributed by atoms with Crippen LogP contribution in [-0.4, -0.2) is 29.1 Å². The molecule has 0 bridgehead atoms. The van der Waals surface area contributed by atoms with E-state index in [9.17, 15) is 14.9 Å². The van der Waals surface area contributed by atoms with Crippen LogP contribution < -0.4 is 4.80 Å². The van der Waals surface area contributed by atoms with E-state index in [4.69, 9.17) is 4.74 Å². The predicted molar refractivity (Wildman–Crippen MR) is 109 cm³/mol. The summed E-state index contributed by atoms with van der Waals surface area (Å²) in [5.74, 6) is -0.430. The molecule has 0 aliphatic carbocycles. The van der Waals surface area contributed by atoms with Crippen molar-refractivity contribution in [3.05, 3.63) is 74.6 Å². The van der Waals surface area contributed by atoms with Crippen LogP contribution in [0.2, 0.25) is 0 Å². The minimum Gasteiger partial charge on any atom is -0.383 e. The molecule has 144 valence electrons. The second-order valence-electron chi connectivity index (χ2n) is 6.14. The number of carbonyl (C=O) groups is 1. The zero-order valence-corrected chi connectivity index (χ0v) is 16.3. The molecule has 0 spiro atoms. The van der Waals surface area contributed by atoms with Gasteiger partial charge in [0.1, 0.15) is 0 Å². The molecule has 0 unspecified atom stereocenters. The average molecular weight is 397 g/mol. The fraction of sp³-hybridized carbons (Fsp3) is 0.200. The maximum Gasteiger partial charge on any atom is 0.272 e. The Morgan fingerprint density at radius 2 is 2.14 bits per heavy atom. The lowest BCUT2D eigenvalue weighted by molar-refractivity contribution is -0.384. The Hall–Kier alpha value is -3.10. The number of hydrogen-bond donors (Lipinski definition) is 0. The van der Waals surface area contributed by atoms with Crippen LogP contribution in [0.15, 0.2) is 53.5 Å². The van der Waals surface area contributed by atoms with Crippen molar-refractivity contribution in [2.45, 2.75) is 13.5 Å². The molecule has 28 heavy (non-hydrogen) atoms. The Balaban J connectivity index is 1.93. The summed E-state index contributed by atoms with van der Waals surface area (Å²) in [7, 11) is 1.63. The molecule has 3 rings (SSSR count). The average Bonchev–Trinajstić information content (AvgIpc) is 3.00. The summed E-state index contributed by atoms with van der Waals surface area (Å²) in [6, 6.07) is 12.2. The molecule has 1 aromatic heterocycles. The summed E-state index contributed by atoms with van der Waals surface area (Å²) in [6.45, 7) is 3.10. The lowest BCUT2D eigenvalue weighted by Gasteiger charge is -2.04. The van der Waals surface area contributed by atoms with Gasteiger partial charge in [0.05, 0.1) is 21.7 Å². The van der Waals surface area contributed by atoms with E-state index in [1.165, 1.54) is 35.6 Å². The van der Waals surface area contributed by atoms with E-state index in [1.54, 1.807) is 19.2 Å². The van der Waals surface area contributed by atoms with Crippen LogP contribution in [0.25, 0.3) is 16.3 Å². The van der Waals surface area contributed by atoms with E-state index in [1.807, 2.05) is 23.6 Å². The normalized spacial score (nSPS) is 12.1. The highest BCUT2D eigenvalue weighted by molar-refractivity contribution is 7.16. The zero-order chi connectivity index (χ0) is 20.1. The smallest absolute Gasteiger partial charge is 0.272 e. The molecule has 0 aliphatic rings. The van der Waals surface area contributed by atoms with Crippen molar-refractivity contribution in [2.75, 3.05) is 13.7 Å². The van der Waals surface area contributed by atoms with Gasteiger partial charge in [0.2, 0.25) is 0 Å². The molecule has 8 heteroatoms. The highest BCUT2D eigenvalue weighted by atomic mass is 32.1. The van der Waals surface area contributed by atoms with Crippen molar-refractivity contribution in [2.24, 2.45) is 4.99 Å². The van der Waals surface area contributed by atoms with Gasteiger partial charge in [0, 0.05) is 31.9 Å². The summed E-state index contributed by atoms with van der Waals surface area (Å²) in [4.78, 5) is 27.5. The SMILES string of the molecule is COCCn1c(=NC(=O)/C=C/c2cccc([N+](=O)[O-])c2)sc2cc(C)ccc21. The summed E-state index contributed by atoms with van der Waals surface area (Å²) >= 11 is 1.44. The lowest BCUT2D eigenvalue weighted by Crippen LogP contribution is -2.18. The van der Waals surface area contributed by atoms with Gasteiger partial charge in [-0.1, -0.05) is 29.5 Å². The molecule has 1 amide bonds. The first-order valence-electron chi connectivity index (χ1n) is 8.58. The highest BCUT2D eigenvalue weighted by Crippen LogP contribution is 2.19. The Morgan fingerprint density at radius 1 is 1.32 bits per heavy atom. The number of thiazole rings is 1. The molecule has 1 heterocycles. The van der Waals surface area contributed by atoms with Crippen LogP contribution in [-0.2, 0) is 16.1 Å². The Kier molecular flexibility index (Phi) is 6.13. The molecule has 0 saturated heterocycles. The summed E-state index contributed by atoms with van der Waals surface area (Å²) in [5, 5.41) is 10.8. The third kappa shape index (κ3) is 4.59. The second kappa shape index (κ2) is 8.73. The number of amides is 1. The molecular weight excluding hydrogens is 378 g/mol. The van der Waals surface area contributed by atoms with Gasteiger partial charge in [-0.2, -0.15) is 4.99 Å². The van der Waals surface area contributed by atoms with Crippen molar-refractivity contribution in [1.82, 2.24) is 4.57 Å². The first kappa shape index (κ1) is 19.7. The van der Waals surface area contributed by atoms with Crippen LogP contribution >= 0.6 is 11.3 Å². The zero-order valence-electron chi connectivity index (χ0n) is 15.5. The number of carbonyl (C=O) groups excluding carboxylic acids is 1. The number of aromatic nitrogens is 1. The maximum atomic E-state index is 12.3. The van der Waals surface area contributed by atoms with E-state index in [-0.39, 0.29) is 5.69 Å². The minimum absolute atomic E-state index is 0.0242. The van der Waals surface area contributed by atoms with E-state index < -0.39 is 10.8 Å². The molecule has 0 fully saturated rings. The lowest BCUT2D eigenvalue weighted by atomic mass is 10.2. The third-order valence-electron chi connectivity index (χ3n) is 4.06. The Bertz CT molecular complexity index is 1130. The number of rotatable bonds is 6. The number of ether oxygens (including phenoxy) is 1. The van der Waals surface area contributed by atoms with Crippen LogP contribution in [0.3, 0.4) is 0 Å². The molecule has 0 N–H and O–H groups in total. The summed E-state index contributed by atoms with van der Waals surface area (Å²) in [6.07, 6.45) is 2.84. The number of benzene rings is 2. The molecule has 0 aliphatic heterocycles. The van der Waals surface area contributed by atoms with Gasteiger partial charge in [-0.05, 0) is 36.3 Å². The van der Waals surface area contributed by atoms with E-state index in [0.29, 0.717) is 23.5 Å². The highest BCUT2D eigenvalue weighted by Gasteiger charge is 2.08. The number of methoxy groups -OCH3 is 1. The Morgan fingerprint density at radius 3 is 2.89 bits per heavy atom. The minimum atomic E-state index is -0.471. The number of non-ortho nitro benzene ring substituents is 1. The monoisotopic (exact) mass is 397 g/mol. The van der Waals surface area contributed by atoms with Crippen molar-refractivity contribution in [3.8, 4) is 0 Å². The first-order valence-corrected chi connectivity index (χ1v) is 9.40. The van der Waals surface area contributed by atoms with Crippen LogP contribution in [0, 0.1) is 17.0 Å². The van der Waals surface area contributed by atoms with Crippen molar-refractivity contribution >= 4 is 39.2 Å². The van der Waals surface area contributed by atoms with Gasteiger partial charge in [-0.25, -0.2) is 0 Å². The molecule has 7 nitrogen and oxygen atoms in total. The van der Waals surface area contributed by atoms with E-state index in [2.05, 4.69) is 11.1 Å². The van der Waals surface area contributed by atoms with Crippen LogP contribution in [0.5, 0.6) is 0 Å². The van der Waals surface area contributed by atoms with Crippen molar-refractivity contribution < 1.29 is 14.5 Å². The molecule has 0 radical (unpaired) electrons. The molecule has 2 aromatic carbocycles. The van der Waals surface area contributed by atoms with Crippen molar-refractivity contribution in [1.29, 1.82) is 0 Å². The number of nitro groups is 1. The number of nitro benzene ring substituents is 1. The van der Waals surface area contributed by atoms with Gasteiger partial charge in [0.25, 0.3) is 11.6 Å². The molecule has 0 atom stereocenters. The number of fused-ring (bicyclic) bond motifs is 1. The fourth-order valence-electron chi connectivity index (χ4n) is 2.71. The Labute approximate surface area is 165 Å². The van der Waals surface area contributed by atoms with Gasteiger partial charge in [-0.3, -0.25) is 14.9 Å². The maximum absolute atomic E-state index is 12.3. The van der Waals surface area contributed by atoms with Gasteiger partial charge in [-0.15, -0.1) is 0 Å². The topological polar surface area (TPSA) is 86.7 Å². The van der Waals surface area contributed by atoms with Crippen LogP contribution in [0.1, 0.15) is 11.1 Å². The first-order chi connectivity index (χ1) is 13.5. The molecule has 0 saturated carbocycles. The second-order valence-corrected chi connectivity index (χ2v) is 7.14. The summed E-state index contributed by atoms with van der Waals surface area (Å²) < 4.78 is 8.18. The predicted octanol–water partition coefficient (Wildman–Crippen LogP) is 3.71. The van der Waals surface area contributed by atoms with Gasteiger partial charge in [0.15, 0.2) is 4.80 Å². The quantitative estimate of drug-likeness (QED) is 0.360.